The van der Waals surface area contributed by atoms with Crippen LogP contribution >= 0.6 is 0 Å². The predicted molar refractivity (Wildman–Crippen MR) is 172 cm³/mol. The van der Waals surface area contributed by atoms with Gasteiger partial charge < -0.3 is 25.7 Å². The molecule has 2 amide bonds. The second-order valence-electron chi connectivity index (χ2n) is 13.7. The van der Waals surface area contributed by atoms with Gasteiger partial charge in [-0.15, -0.1) is 0 Å². The van der Waals surface area contributed by atoms with E-state index in [1.165, 1.54) is 6.26 Å². The van der Waals surface area contributed by atoms with E-state index in [1.54, 1.807) is 5.06 Å². The Labute approximate surface area is 264 Å². The third-order valence-electron chi connectivity index (χ3n) is 10.8. The number of pyridine rings is 1. The van der Waals surface area contributed by atoms with E-state index in [-0.39, 0.29) is 29.5 Å². The van der Waals surface area contributed by atoms with E-state index in [2.05, 4.69) is 26.1 Å². The first-order chi connectivity index (χ1) is 21.6. The Hall–Kier alpha value is -3.58. The quantitative estimate of drug-likeness (QED) is 0.444. The highest BCUT2D eigenvalue weighted by molar-refractivity contribution is 7.90. The number of piperazine rings is 1. The van der Waals surface area contributed by atoms with Gasteiger partial charge in [-0.05, 0) is 74.1 Å². The zero-order valence-electron chi connectivity index (χ0n) is 25.8. The highest BCUT2D eigenvalue weighted by Gasteiger charge is 2.58. The number of hydroxylamine groups is 1. The van der Waals surface area contributed by atoms with Gasteiger partial charge in [0.25, 0.3) is 0 Å². The van der Waals surface area contributed by atoms with Crippen LogP contribution in [0.4, 0.5) is 27.7 Å². The first-order valence-corrected chi connectivity index (χ1v) is 18.2. The third-order valence-corrected chi connectivity index (χ3v) is 11.7. The molecule has 4 aliphatic carbocycles. The number of aromatic nitrogens is 1. The molecular weight excluding hydrogens is 594 g/mol. The maximum absolute atomic E-state index is 13.2. The number of anilines is 4. The number of hydrogen-bond donors (Lipinski definition) is 2. The maximum Gasteiger partial charge on any atom is 0.431 e. The van der Waals surface area contributed by atoms with Crippen LogP contribution in [0.2, 0.25) is 0 Å². The van der Waals surface area contributed by atoms with E-state index >= 15 is 0 Å². The van der Waals surface area contributed by atoms with Gasteiger partial charge in [0.15, 0.2) is 0 Å². The minimum Gasteiger partial charge on any atom is -0.369 e. The van der Waals surface area contributed by atoms with Gasteiger partial charge in [-0.3, -0.25) is 9.69 Å². The average Bonchev–Trinajstić information content (AvgIpc) is 3.02. The molecule has 1 saturated heterocycles. The standard InChI is InChI=1S/C32H43N7O5S/c1-45(42,43)15-14-36-8-10-37(11-9-36)25-6-7-28(34-21-25)38-12-13-39(27-5-3-2-4-26(27)38)44-31(41)35-29-23-16-22-17-24(29)20-32(18-22,19-23)30(33)40/h2-7,21-24,29H,8-20H2,1H3,(H2,33,40)(H,35,41)/t22?,23-,24+,29?,32?. The number of carbonyl (C=O) groups is 2. The summed E-state index contributed by atoms with van der Waals surface area (Å²) in [4.78, 5) is 42.9. The van der Waals surface area contributed by atoms with E-state index in [0.717, 1.165) is 81.2 Å². The average molecular weight is 638 g/mol. The first kappa shape index (κ1) is 30.1. The molecule has 5 fully saturated rings. The van der Waals surface area contributed by atoms with Crippen LogP contribution in [-0.2, 0) is 19.5 Å². The number of nitrogens with one attached hydrogen (secondary N) is 1. The number of sulfone groups is 1. The molecule has 45 heavy (non-hydrogen) atoms. The smallest absolute Gasteiger partial charge is 0.369 e. The zero-order valence-corrected chi connectivity index (χ0v) is 26.6. The van der Waals surface area contributed by atoms with Crippen molar-refractivity contribution in [2.24, 2.45) is 28.9 Å². The van der Waals surface area contributed by atoms with E-state index in [1.807, 2.05) is 36.5 Å². The maximum atomic E-state index is 13.2. The van der Waals surface area contributed by atoms with Gasteiger partial charge in [0, 0.05) is 57.0 Å². The monoisotopic (exact) mass is 637 g/mol. The van der Waals surface area contributed by atoms with E-state index in [4.69, 9.17) is 15.6 Å². The first-order valence-electron chi connectivity index (χ1n) is 16.1. The predicted octanol–water partition coefficient (Wildman–Crippen LogP) is 2.53. The summed E-state index contributed by atoms with van der Waals surface area (Å²) in [5.74, 6) is 1.88. The van der Waals surface area contributed by atoms with Crippen molar-refractivity contribution in [3.63, 3.8) is 0 Å². The molecule has 8 rings (SSSR count). The van der Waals surface area contributed by atoms with E-state index in [9.17, 15) is 18.0 Å². The lowest BCUT2D eigenvalue weighted by Gasteiger charge is -2.58. The van der Waals surface area contributed by atoms with Crippen LogP contribution in [0, 0.1) is 23.2 Å². The largest absolute Gasteiger partial charge is 0.431 e. The molecule has 12 nitrogen and oxygen atoms in total. The lowest BCUT2D eigenvalue weighted by Crippen LogP contribution is -2.62. The van der Waals surface area contributed by atoms with Crippen LogP contribution in [0.15, 0.2) is 42.6 Å². The molecule has 6 aliphatic rings. The zero-order chi connectivity index (χ0) is 31.3. The van der Waals surface area contributed by atoms with Crippen molar-refractivity contribution in [1.82, 2.24) is 15.2 Å². The number of nitrogens with zero attached hydrogens (tertiary/aromatic N) is 5. The molecule has 5 atom stereocenters. The molecule has 4 saturated carbocycles. The fraction of sp³-hybridized carbons (Fsp3) is 0.594. The SMILES string of the molecule is CS(=O)(=O)CCN1CCN(c2ccc(N3CCN(OC(=O)NC4[C@@H]5CC6C[C@H]4CC(C(N)=O)(C6)C5)c4ccccc43)nc2)CC1. The Kier molecular flexibility index (Phi) is 7.79. The molecule has 0 radical (unpaired) electrons. The summed E-state index contributed by atoms with van der Waals surface area (Å²) < 4.78 is 23.0. The normalized spacial score (nSPS) is 29.4. The van der Waals surface area contributed by atoms with Crippen LogP contribution in [0.1, 0.15) is 32.1 Å². The number of benzene rings is 1. The second-order valence-corrected chi connectivity index (χ2v) is 16.0. The van der Waals surface area contributed by atoms with Gasteiger partial charge in [0.05, 0.1) is 35.6 Å². The molecule has 242 valence electrons. The highest BCUT2D eigenvalue weighted by atomic mass is 32.2. The van der Waals surface area contributed by atoms with Crippen molar-refractivity contribution < 1.29 is 22.8 Å². The summed E-state index contributed by atoms with van der Waals surface area (Å²) in [5, 5.41) is 4.84. The summed E-state index contributed by atoms with van der Waals surface area (Å²) >= 11 is 0. The number of hydrogen-bond acceptors (Lipinski definition) is 10. The lowest BCUT2D eigenvalue weighted by molar-refractivity contribution is -0.145. The van der Waals surface area contributed by atoms with Gasteiger partial charge in [-0.25, -0.2) is 23.3 Å². The van der Waals surface area contributed by atoms with E-state index in [0.29, 0.717) is 25.6 Å². The van der Waals surface area contributed by atoms with Crippen molar-refractivity contribution in [2.75, 3.05) is 72.7 Å². The van der Waals surface area contributed by atoms with Crippen molar-refractivity contribution in [2.45, 2.75) is 38.1 Å². The summed E-state index contributed by atoms with van der Waals surface area (Å²) in [6.07, 6.45) is 7.21. The molecule has 1 aromatic heterocycles. The molecule has 2 aromatic rings. The molecule has 1 aromatic carbocycles. The van der Waals surface area contributed by atoms with Crippen LogP contribution in [0.25, 0.3) is 0 Å². The second kappa shape index (κ2) is 11.7. The molecular formula is C32H43N7O5S. The summed E-state index contributed by atoms with van der Waals surface area (Å²) in [6.45, 7) is 4.91. The van der Waals surface area contributed by atoms with Gasteiger partial charge in [0.2, 0.25) is 5.91 Å². The molecule has 3 N–H and O–H groups in total. The van der Waals surface area contributed by atoms with Crippen molar-refractivity contribution >= 4 is 44.7 Å². The van der Waals surface area contributed by atoms with Gasteiger partial charge in [0.1, 0.15) is 15.7 Å². The lowest BCUT2D eigenvalue weighted by atomic mass is 9.47. The summed E-state index contributed by atoms with van der Waals surface area (Å²) in [7, 11) is -2.96. The number of fused-ring (bicyclic) bond motifs is 1. The van der Waals surface area contributed by atoms with Crippen molar-refractivity contribution in [3.8, 4) is 0 Å². The third kappa shape index (κ3) is 6.04. The number of para-hydroxylation sites is 2. The minimum atomic E-state index is -2.96. The van der Waals surface area contributed by atoms with Gasteiger partial charge in [-0.2, -0.15) is 0 Å². The number of nitrogens with two attached hydrogens (primary N) is 1. The summed E-state index contributed by atoms with van der Waals surface area (Å²) in [5.41, 5.74) is 8.20. The topological polar surface area (TPSA) is 141 Å². The molecule has 13 heteroatoms. The summed E-state index contributed by atoms with van der Waals surface area (Å²) in [6, 6.07) is 12.0. The van der Waals surface area contributed by atoms with Crippen LogP contribution in [-0.4, -0.2) is 94.2 Å². The number of amides is 2. The Bertz CT molecular complexity index is 1530. The van der Waals surface area contributed by atoms with Crippen LogP contribution < -0.4 is 25.9 Å². The van der Waals surface area contributed by atoms with Gasteiger partial charge >= 0.3 is 6.09 Å². The van der Waals surface area contributed by atoms with Gasteiger partial charge in [-0.1, -0.05) is 12.1 Å². The van der Waals surface area contributed by atoms with Crippen LogP contribution in [0.5, 0.6) is 0 Å². The Balaban J connectivity index is 0.973. The number of rotatable bonds is 8. The molecule has 3 heterocycles. The van der Waals surface area contributed by atoms with Crippen molar-refractivity contribution in [1.29, 1.82) is 0 Å². The fourth-order valence-corrected chi connectivity index (χ4v) is 9.33. The molecule has 0 spiro atoms. The van der Waals surface area contributed by atoms with E-state index < -0.39 is 21.3 Å². The minimum absolute atomic E-state index is 0.0104. The Morgan fingerprint density at radius 3 is 2.33 bits per heavy atom. The number of carbonyl (C=O) groups excluding carboxylic acids is 2. The Morgan fingerprint density at radius 2 is 1.69 bits per heavy atom. The van der Waals surface area contributed by atoms with Crippen LogP contribution in [0.3, 0.4) is 0 Å². The number of primary amides is 1. The Morgan fingerprint density at radius 1 is 0.978 bits per heavy atom. The van der Waals surface area contributed by atoms with Crippen molar-refractivity contribution in [3.05, 3.63) is 42.6 Å². The molecule has 2 aliphatic heterocycles. The fourth-order valence-electron chi connectivity index (χ4n) is 8.74. The highest BCUT2D eigenvalue weighted by Crippen LogP contribution is 2.60. The molecule has 4 bridgehead atoms. The molecule has 3 unspecified atom stereocenters.